The van der Waals surface area contributed by atoms with Gasteiger partial charge in [0.05, 0.1) is 16.2 Å². The zero-order valence-corrected chi connectivity index (χ0v) is 23.0. The van der Waals surface area contributed by atoms with E-state index in [-0.39, 0.29) is 33.8 Å². The molecule has 0 unspecified atom stereocenters. The first-order valence-corrected chi connectivity index (χ1v) is 14.4. The van der Waals surface area contributed by atoms with Gasteiger partial charge in [-0.2, -0.15) is 0 Å². The summed E-state index contributed by atoms with van der Waals surface area (Å²) in [5.74, 6) is -0.721. The number of amides is 1. The summed E-state index contributed by atoms with van der Waals surface area (Å²) < 4.78 is 36.5. The molecule has 0 aliphatic rings. The van der Waals surface area contributed by atoms with Gasteiger partial charge in [-0.15, -0.1) is 10.2 Å². The molecular formula is C23H26N4O7S3. The van der Waals surface area contributed by atoms with Gasteiger partial charge in [-0.3, -0.25) is 9.59 Å². The first-order chi connectivity index (χ1) is 17.5. The van der Waals surface area contributed by atoms with Crippen LogP contribution in [0.3, 0.4) is 0 Å². The van der Waals surface area contributed by atoms with E-state index in [1.54, 1.807) is 0 Å². The van der Waals surface area contributed by atoms with E-state index in [0.29, 0.717) is 15.2 Å². The number of ether oxygens (including phenoxy) is 1. The van der Waals surface area contributed by atoms with Gasteiger partial charge in [0.1, 0.15) is 12.0 Å². The molecule has 198 valence electrons. The van der Waals surface area contributed by atoms with Gasteiger partial charge in [0.2, 0.25) is 32.2 Å². The van der Waals surface area contributed by atoms with E-state index in [9.17, 15) is 22.8 Å². The second kappa shape index (κ2) is 12.4. The number of nitrogens with one attached hydrogen (secondary N) is 1. The lowest BCUT2D eigenvalue weighted by Crippen LogP contribution is -2.22. The van der Waals surface area contributed by atoms with E-state index in [4.69, 9.17) is 9.15 Å². The van der Waals surface area contributed by atoms with Crippen LogP contribution in [0.5, 0.6) is 5.75 Å². The lowest BCUT2D eigenvalue weighted by Gasteiger charge is -2.11. The van der Waals surface area contributed by atoms with Crippen LogP contribution >= 0.6 is 23.1 Å². The summed E-state index contributed by atoms with van der Waals surface area (Å²) in [5, 5.41) is 11.2. The highest BCUT2D eigenvalue weighted by molar-refractivity contribution is 8.00. The standard InChI is InChI=1S/C23H26N4O7S3/c1-5-14(6-2)20(29)24-22-25-26-23(36-22)35-13-16-11-18(28)19(12-33-16)34-21(30)15-7-9-17(10-8-15)37(31,32)27(3)4/h7-12,14H,5-6,13H2,1-4H3,(H,24,25,29). The van der Waals surface area contributed by atoms with Gasteiger partial charge in [-0.1, -0.05) is 36.9 Å². The minimum atomic E-state index is -3.64. The van der Waals surface area contributed by atoms with Crippen LogP contribution in [0.15, 0.2) is 55.0 Å². The minimum Gasteiger partial charge on any atom is -0.464 e. The molecular weight excluding hydrogens is 540 g/mol. The number of benzene rings is 1. The Balaban J connectivity index is 1.59. The van der Waals surface area contributed by atoms with Crippen molar-refractivity contribution in [2.45, 2.75) is 41.7 Å². The number of esters is 1. The third-order valence-electron chi connectivity index (χ3n) is 5.25. The van der Waals surface area contributed by atoms with Crippen LogP contribution in [0.1, 0.15) is 42.8 Å². The molecule has 1 amide bonds. The van der Waals surface area contributed by atoms with E-state index in [2.05, 4.69) is 15.5 Å². The zero-order chi connectivity index (χ0) is 27.2. The molecule has 11 nitrogen and oxygen atoms in total. The summed E-state index contributed by atoms with van der Waals surface area (Å²) >= 11 is 2.49. The Morgan fingerprint density at radius 3 is 2.43 bits per heavy atom. The molecule has 1 aromatic carbocycles. The molecule has 1 N–H and O–H groups in total. The summed E-state index contributed by atoms with van der Waals surface area (Å²) in [6.07, 6.45) is 2.52. The molecule has 2 heterocycles. The highest BCUT2D eigenvalue weighted by atomic mass is 32.2. The SMILES string of the molecule is CCC(CC)C(=O)Nc1nnc(SCc2cc(=O)c(OC(=O)c3ccc(S(=O)(=O)N(C)C)cc3)co2)s1. The molecule has 0 aliphatic heterocycles. The van der Waals surface area contributed by atoms with Gasteiger partial charge >= 0.3 is 5.97 Å². The molecule has 0 aliphatic carbocycles. The van der Waals surface area contributed by atoms with Crippen molar-refractivity contribution in [1.82, 2.24) is 14.5 Å². The maximum absolute atomic E-state index is 12.4. The van der Waals surface area contributed by atoms with E-state index >= 15 is 0 Å². The van der Waals surface area contributed by atoms with E-state index in [1.807, 2.05) is 13.8 Å². The lowest BCUT2D eigenvalue weighted by molar-refractivity contribution is -0.120. The Kier molecular flexibility index (Phi) is 9.59. The van der Waals surface area contributed by atoms with Gasteiger partial charge < -0.3 is 14.5 Å². The molecule has 3 aromatic rings. The zero-order valence-electron chi connectivity index (χ0n) is 20.6. The highest BCUT2D eigenvalue weighted by Crippen LogP contribution is 2.29. The summed E-state index contributed by atoms with van der Waals surface area (Å²) in [6.45, 7) is 3.90. The Labute approximate surface area is 222 Å². The van der Waals surface area contributed by atoms with Crippen molar-refractivity contribution in [3.8, 4) is 5.75 Å². The van der Waals surface area contributed by atoms with Gasteiger partial charge in [0.15, 0.2) is 4.34 Å². The molecule has 0 fully saturated rings. The molecule has 0 atom stereocenters. The molecule has 0 spiro atoms. The highest BCUT2D eigenvalue weighted by Gasteiger charge is 2.19. The van der Waals surface area contributed by atoms with Crippen molar-refractivity contribution in [3.63, 3.8) is 0 Å². The number of sulfonamides is 1. The summed E-state index contributed by atoms with van der Waals surface area (Å²) in [4.78, 5) is 37.0. The molecule has 14 heteroatoms. The fourth-order valence-electron chi connectivity index (χ4n) is 3.04. The van der Waals surface area contributed by atoms with Crippen LogP contribution in [0.4, 0.5) is 5.13 Å². The van der Waals surface area contributed by atoms with E-state index < -0.39 is 21.4 Å². The maximum atomic E-state index is 12.4. The van der Waals surface area contributed by atoms with Gasteiger partial charge in [0.25, 0.3) is 0 Å². The predicted molar refractivity (Wildman–Crippen MR) is 139 cm³/mol. The fraction of sp³-hybridized carbons (Fsp3) is 0.348. The molecule has 0 radical (unpaired) electrons. The second-order valence-corrected chi connectivity index (χ2v) is 12.3. The topological polar surface area (TPSA) is 149 Å². The van der Waals surface area contributed by atoms with Gasteiger partial charge in [-0.25, -0.2) is 17.5 Å². The number of hydrogen-bond donors (Lipinski definition) is 1. The van der Waals surface area contributed by atoms with Gasteiger partial charge in [-0.05, 0) is 37.1 Å². The number of carbonyl (C=O) groups is 2. The monoisotopic (exact) mass is 566 g/mol. The molecule has 0 saturated heterocycles. The molecule has 2 aromatic heterocycles. The molecule has 0 saturated carbocycles. The summed E-state index contributed by atoms with van der Waals surface area (Å²) in [7, 11) is -0.833. The maximum Gasteiger partial charge on any atom is 0.343 e. The number of thioether (sulfide) groups is 1. The predicted octanol–water partition coefficient (Wildman–Crippen LogP) is 3.63. The fourth-order valence-corrected chi connectivity index (χ4v) is 5.59. The number of anilines is 1. The largest absolute Gasteiger partial charge is 0.464 e. The Morgan fingerprint density at radius 1 is 1.16 bits per heavy atom. The number of nitrogens with zero attached hydrogens (tertiary/aromatic N) is 3. The third kappa shape index (κ3) is 7.25. The van der Waals surface area contributed by atoms with Crippen LogP contribution < -0.4 is 15.5 Å². The van der Waals surface area contributed by atoms with Crippen LogP contribution in [-0.4, -0.2) is 48.9 Å². The first-order valence-electron chi connectivity index (χ1n) is 11.2. The summed E-state index contributed by atoms with van der Waals surface area (Å²) in [6, 6.07) is 6.37. The van der Waals surface area contributed by atoms with Crippen LogP contribution in [-0.2, 0) is 20.6 Å². The third-order valence-corrected chi connectivity index (χ3v) is 9.08. The quantitative estimate of drug-likeness (QED) is 0.207. The average Bonchev–Trinajstić information content (AvgIpc) is 3.32. The van der Waals surface area contributed by atoms with Crippen molar-refractivity contribution in [2.75, 3.05) is 19.4 Å². The average molecular weight is 567 g/mol. The number of rotatable bonds is 11. The van der Waals surface area contributed by atoms with Crippen molar-refractivity contribution in [3.05, 3.63) is 58.1 Å². The van der Waals surface area contributed by atoms with E-state index in [1.165, 1.54) is 67.5 Å². The summed E-state index contributed by atoms with van der Waals surface area (Å²) in [5.41, 5.74) is -0.488. The molecule has 3 rings (SSSR count). The molecule has 37 heavy (non-hydrogen) atoms. The first kappa shape index (κ1) is 28.5. The molecule has 0 bridgehead atoms. The number of carbonyl (C=O) groups excluding carboxylic acids is 2. The number of aromatic nitrogens is 2. The normalized spacial score (nSPS) is 11.6. The van der Waals surface area contributed by atoms with E-state index in [0.717, 1.165) is 23.4 Å². The smallest absolute Gasteiger partial charge is 0.343 e. The Morgan fingerprint density at radius 2 is 1.84 bits per heavy atom. The van der Waals surface area contributed by atoms with Crippen molar-refractivity contribution < 1.29 is 27.2 Å². The number of hydrogen-bond acceptors (Lipinski definition) is 11. The lowest BCUT2D eigenvalue weighted by atomic mass is 10.0. The van der Waals surface area contributed by atoms with Gasteiger partial charge in [0, 0.05) is 26.1 Å². The Hall–Kier alpha value is -3.07. The van der Waals surface area contributed by atoms with Crippen LogP contribution in [0, 0.1) is 5.92 Å². The van der Waals surface area contributed by atoms with Crippen molar-refractivity contribution in [2.24, 2.45) is 5.92 Å². The second-order valence-electron chi connectivity index (χ2n) is 7.94. The van der Waals surface area contributed by atoms with Crippen molar-refractivity contribution >= 4 is 50.1 Å². The van der Waals surface area contributed by atoms with Crippen molar-refractivity contribution in [1.29, 1.82) is 0 Å². The van der Waals surface area contributed by atoms with Crippen LogP contribution in [0.2, 0.25) is 0 Å². The minimum absolute atomic E-state index is 0.0199. The Bertz CT molecular complexity index is 1410. The van der Waals surface area contributed by atoms with Crippen LogP contribution in [0.25, 0.3) is 0 Å².